The smallest absolute Gasteiger partial charge is 0.418 e. The number of ether oxygens (including phenoxy) is 1. The van der Waals surface area contributed by atoms with Crippen LogP contribution in [0.2, 0.25) is 0 Å². The van der Waals surface area contributed by atoms with Gasteiger partial charge in [0.25, 0.3) is 0 Å². The lowest BCUT2D eigenvalue weighted by atomic mass is 10.1. The van der Waals surface area contributed by atoms with Gasteiger partial charge in [0.1, 0.15) is 5.75 Å². The average Bonchev–Trinajstić information content (AvgIpc) is 3.02. The SMILES string of the molecule is COc1ccc(C2=Nc3ccccc3N=C(SCC(=O)Nc3ccccc3C(F)(F)F)C2)cc1. The summed E-state index contributed by atoms with van der Waals surface area (Å²) in [5.74, 6) is 0.0746. The number of aliphatic imine (C=N–C) groups is 2. The van der Waals surface area contributed by atoms with E-state index in [9.17, 15) is 18.0 Å². The molecule has 0 bridgehead atoms. The number of rotatable bonds is 5. The number of halogens is 3. The number of hydrogen-bond donors (Lipinski definition) is 1. The summed E-state index contributed by atoms with van der Waals surface area (Å²) in [5, 5.41) is 3.01. The summed E-state index contributed by atoms with van der Waals surface area (Å²) < 4.78 is 44.9. The molecule has 0 saturated carbocycles. The molecule has 1 aliphatic heterocycles. The molecule has 0 radical (unpaired) electrons. The van der Waals surface area contributed by atoms with Gasteiger partial charge >= 0.3 is 6.18 Å². The van der Waals surface area contributed by atoms with Gasteiger partial charge in [-0.25, -0.2) is 4.99 Å². The van der Waals surface area contributed by atoms with E-state index in [0.29, 0.717) is 22.8 Å². The minimum absolute atomic E-state index is 0.0942. The predicted octanol–water partition coefficient (Wildman–Crippen LogP) is 6.64. The van der Waals surface area contributed by atoms with E-state index in [4.69, 9.17) is 9.73 Å². The van der Waals surface area contributed by atoms with Crippen LogP contribution in [0.25, 0.3) is 0 Å². The van der Waals surface area contributed by atoms with Gasteiger partial charge in [-0.1, -0.05) is 24.3 Å². The third-order valence-corrected chi connectivity index (χ3v) is 5.98. The van der Waals surface area contributed by atoms with Crippen molar-refractivity contribution in [3.05, 3.63) is 83.9 Å². The Morgan fingerprint density at radius 3 is 2.29 bits per heavy atom. The summed E-state index contributed by atoms with van der Waals surface area (Å²) in [7, 11) is 1.59. The average molecular weight is 484 g/mol. The second kappa shape index (κ2) is 10.1. The number of benzene rings is 3. The Morgan fingerprint density at radius 2 is 1.62 bits per heavy atom. The van der Waals surface area contributed by atoms with Crippen molar-refractivity contribution in [3.63, 3.8) is 0 Å². The van der Waals surface area contributed by atoms with Gasteiger partial charge in [0.2, 0.25) is 5.91 Å². The summed E-state index contributed by atoms with van der Waals surface area (Å²) in [6, 6.07) is 19.8. The zero-order chi connectivity index (χ0) is 24.1. The van der Waals surface area contributed by atoms with Gasteiger partial charge in [0, 0.05) is 6.42 Å². The van der Waals surface area contributed by atoms with Crippen molar-refractivity contribution in [1.82, 2.24) is 0 Å². The molecule has 4 rings (SSSR count). The van der Waals surface area contributed by atoms with Crippen LogP contribution in [0.3, 0.4) is 0 Å². The number of nitrogens with one attached hydrogen (secondary N) is 1. The summed E-state index contributed by atoms with van der Waals surface area (Å²) >= 11 is 1.17. The predicted molar refractivity (Wildman–Crippen MR) is 130 cm³/mol. The Balaban J connectivity index is 1.52. The molecule has 1 heterocycles. The Morgan fingerprint density at radius 1 is 0.971 bits per heavy atom. The first-order valence-corrected chi connectivity index (χ1v) is 11.3. The van der Waals surface area contributed by atoms with Gasteiger partial charge in [0.15, 0.2) is 0 Å². The van der Waals surface area contributed by atoms with Gasteiger partial charge in [-0.2, -0.15) is 13.2 Å². The Labute approximate surface area is 198 Å². The number of amides is 1. The summed E-state index contributed by atoms with van der Waals surface area (Å²) in [6.07, 6.45) is -4.19. The molecule has 34 heavy (non-hydrogen) atoms. The van der Waals surface area contributed by atoms with E-state index in [1.807, 2.05) is 48.5 Å². The third kappa shape index (κ3) is 5.66. The molecular weight excluding hydrogens is 463 g/mol. The lowest BCUT2D eigenvalue weighted by molar-refractivity contribution is -0.137. The topological polar surface area (TPSA) is 63.1 Å². The second-order valence-corrected chi connectivity index (χ2v) is 8.39. The van der Waals surface area contributed by atoms with Crippen molar-refractivity contribution in [2.75, 3.05) is 18.2 Å². The number of carbonyl (C=O) groups is 1. The maximum absolute atomic E-state index is 13.2. The van der Waals surface area contributed by atoms with Gasteiger partial charge in [-0.3, -0.25) is 9.79 Å². The minimum Gasteiger partial charge on any atom is -0.497 e. The molecule has 0 aromatic heterocycles. The number of nitrogens with zero attached hydrogens (tertiary/aromatic N) is 2. The number of para-hydroxylation sites is 3. The fraction of sp³-hybridized carbons (Fsp3) is 0.160. The van der Waals surface area contributed by atoms with Crippen molar-refractivity contribution < 1.29 is 22.7 Å². The van der Waals surface area contributed by atoms with Crippen molar-refractivity contribution in [3.8, 4) is 5.75 Å². The monoisotopic (exact) mass is 483 g/mol. The quantitative estimate of drug-likeness (QED) is 0.443. The molecule has 3 aromatic carbocycles. The van der Waals surface area contributed by atoms with Crippen LogP contribution >= 0.6 is 11.8 Å². The van der Waals surface area contributed by atoms with Gasteiger partial charge in [0.05, 0.1) is 46.2 Å². The zero-order valence-electron chi connectivity index (χ0n) is 18.1. The first kappa shape index (κ1) is 23.6. The van der Waals surface area contributed by atoms with Crippen molar-refractivity contribution in [1.29, 1.82) is 0 Å². The highest BCUT2D eigenvalue weighted by Crippen LogP contribution is 2.35. The first-order chi connectivity index (χ1) is 16.3. The van der Waals surface area contributed by atoms with Gasteiger partial charge in [-0.05, 0) is 54.1 Å². The molecule has 9 heteroatoms. The summed E-state index contributed by atoms with van der Waals surface area (Å²) in [6.45, 7) is 0. The third-order valence-electron chi connectivity index (χ3n) is 5.00. The highest BCUT2D eigenvalue weighted by molar-refractivity contribution is 8.14. The molecule has 1 N–H and O–H groups in total. The van der Waals surface area contributed by atoms with E-state index in [1.165, 1.54) is 30.0 Å². The molecule has 3 aromatic rings. The van der Waals surface area contributed by atoms with Crippen molar-refractivity contribution in [2.24, 2.45) is 9.98 Å². The molecule has 174 valence electrons. The fourth-order valence-corrected chi connectivity index (χ4v) is 4.13. The number of hydrogen-bond acceptors (Lipinski definition) is 5. The van der Waals surface area contributed by atoms with E-state index >= 15 is 0 Å². The Hall–Kier alpha value is -3.59. The summed E-state index contributed by atoms with van der Waals surface area (Å²) in [5.41, 5.74) is 1.86. The molecule has 0 unspecified atom stereocenters. The number of alkyl halides is 3. The van der Waals surface area contributed by atoms with E-state index in [-0.39, 0.29) is 11.4 Å². The fourth-order valence-electron chi connectivity index (χ4n) is 3.36. The number of anilines is 1. The van der Waals surface area contributed by atoms with Crippen LogP contribution in [0.4, 0.5) is 30.2 Å². The highest BCUT2D eigenvalue weighted by Gasteiger charge is 2.33. The van der Waals surface area contributed by atoms with Crippen molar-refractivity contribution in [2.45, 2.75) is 12.6 Å². The second-order valence-electron chi connectivity index (χ2n) is 7.34. The molecule has 0 fully saturated rings. The van der Waals surface area contributed by atoms with Crippen LogP contribution in [0, 0.1) is 0 Å². The molecule has 0 aliphatic carbocycles. The molecule has 1 amide bonds. The molecule has 5 nitrogen and oxygen atoms in total. The number of methoxy groups -OCH3 is 1. The maximum Gasteiger partial charge on any atom is 0.418 e. The molecule has 0 saturated heterocycles. The molecule has 0 spiro atoms. The molecule has 0 atom stereocenters. The van der Waals surface area contributed by atoms with Crippen LogP contribution in [0.5, 0.6) is 5.75 Å². The number of carbonyl (C=O) groups excluding carboxylic acids is 1. The van der Waals surface area contributed by atoms with Crippen molar-refractivity contribution >= 4 is 45.5 Å². The maximum atomic E-state index is 13.2. The first-order valence-electron chi connectivity index (χ1n) is 10.3. The van der Waals surface area contributed by atoms with Crippen LogP contribution < -0.4 is 10.1 Å². The number of thioether (sulfide) groups is 1. The zero-order valence-corrected chi connectivity index (χ0v) is 18.9. The molecule has 1 aliphatic rings. The van der Waals surface area contributed by atoms with Crippen LogP contribution in [-0.4, -0.2) is 29.5 Å². The summed E-state index contributed by atoms with van der Waals surface area (Å²) in [4.78, 5) is 21.9. The molecular formula is C25H20F3N3O2S. The highest BCUT2D eigenvalue weighted by atomic mass is 32.2. The standard InChI is InChI=1S/C25H20F3N3O2S/c1-33-17-12-10-16(11-13-17)22-14-24(31-21-9-5-4-8-20(21)29-22)34-15-23(32)30-19-7-3-2-6-18(19)25(26,27)28/h2-13H,14-15H2,1H3,(H,30,32). The minimum atomic E-state index is -4.56. The van der Waals surface area contributed by atoms with Gasteiger partial charge in [-0.15, -0.1) is 11.8 Å². The van der Waals surface area contributed by atoms with E-state index < -0.39 is 17.6 Å². The Kier molecular flexibility index (Phi) is 7.02. The van der Waals surface area contributed by atoms with E-state index in [2.05, 4.69) is 10.3 Å². The Bertz CT molecular complexity index is 1250. The van der Waals surface area contributed by atoms with Gasteiger partial charge < -0.3 is 10.1 Å². The number of fused-ring (bicyclic) bond motifs is 1. The van der Waals surface area contributed by atoms with Crippen LogP contribution in [-0.2, 0) is 11.0 Å². The lowest BCUT2D eigenvalue weighted by Crippen LogP contribution is -2.19. The normalized spacial score (nSPS) is 13.3. The largest absolute Gasteiger partial charge is 0.497 e. The van der Waals surface area contributed by atoms with E-state index in [1.54, 1.807) is 7.11 Å². The van der Waals surface area contributed by atoms with Crippen LogP contribution in [0.1, 0.15) is 17.5 Å². The van der Waals surface area contributed by atoms with Crippen LogP contribution in [0.15, 0.2) is 82.8 Å². The lowest BCUT2D eigenvalue weighted by Gasteiger charge is -2.13. The van der Waals surface area contributed by atoms with E-state index in [0.717, 1.165) is 23.1 Å².